The topological polar surface area (TPSA) is 29.1 Å². The molecular weight excluding hydrogens is 429 g/mol. The molecule has 3 rings (SSSR count). The first kappa shape index (κ1) is 14.1. The number of carbonyl (C=O) groups is 1. The number of aryl methyl sites for hydroxylation is 1. The van der Waals surface area contributed by atoms with E-state index in [0.717, 1.165) is 12.1 Å². The van der Waals surface area contributed by atoms with Crippen molar-refractivity contribution in [3.05, 3.63) is 62.7 Å². The summed E-state index contributed by atoms with van der Waals surface area (Å²) in [6, 6.07) is 14.7. The van der Waals surface area contributed by atoms with Gasteiger partial charge in [0, 0.05) is 15.7 Å². The normalized spacial score (nSPS) is 15.4. The Morgan fingerprint density at radius 1 is 1.10 bits per heavy atom. The third kappa shape index (κ3) is 2.91. The number of alkyl halides is 1. The lowest BCUT2D eigenvalue weighted by Gasteiger charge is -2.19. The van der Waals surface area contributed by atoms with Crippen molar-refractivity contribution < 1.29 is 4.79 Å². The minimum atomic E-state index is 0.109. The van der Waals surface area contributed by atoms with Gasteiger partial charge >= 0.3 is 0 Å². The predicted octanol–water partition coefficient (Wildman–Crippen LogP) is 4.66. The lowest BCUT2D eigenvalue weighted by Crippen LogP contribution is -2.19. The van der Waals surface area contributed by atoms with Gasteiger partial charge in [-0.25, -0.2) is 0 Å². The van der Waals surface area contributed by atoms with Crippen molar-refractivity contribution in [2.24, 2.45) is 0 Å². The monoisotopic (exact) mass is 441 g/mol. The highest BCUT2D eigenvalue weighted by molar-refractivity contribution is 14.1. The van der Waals surface area contributed by atoms with E-state index in [1.807, 2.05) is 6.07 Å². The number of nitrogens with one attached hydrogen (secondary N) is 1. The average molecular weight is 442 g/mol. The molecule has 0 fully saturated rings. The third-order valence-electron chi connectivity index (χ3n) is 3.46. The van der Waals surface area contributed by atoms with Gasteiger partial charge in [0.15, 0.2) is 0 Å². The van der Waals surface area contributed by atoms with Crippen LogP contribution in [0.3, 0.4) is 0 Å². The first-order valence-electron chi connectivity index (χ1n) is 6.46. The number of hydrogen-bond acceptors (Lipinski definition) is 1. The van der Waals surface area contributed by atoms with Crippen LogP contribution in [0, 0.1) is 3.57 Å². The van der Waals surface area contributed by atoms with Crippen molar-refractivity contribution in [2.45, 2.75) is 17.7 Å². The van der Waals surface area contributed by atoms with E-state index in [-0.39, 0.29) is 10.7 Å². The summed E-state index contributed by atoms with van der Waals surface area (Å²) in [4.78, 5) is 11.6. The first-order chi connectivity index (χ1) is 9.63. The van der Waals surface area contributed by atoms with Gasteiger partial charge in [-0.1, -0.05) is 40.2 Å². The fourth-order valence-corrected chi connectivity index (χ4v) is 3.55. The van der Waals surface area contributed by atoms with Crippen LogP contribution in [0.4, 0.5) is 5.69 Å². The third-order valence-corrected chi connectivity index (χ3v) is 5.19. The molecule has 0 spiro atoms. The van der Waals surface area contributed by atoms with Crippen LogP contribution in [0.15, 0.2) is 42.5 Å². The Morgan fingerprint density at radius 2 is 1.90 bits per heavy atom. The molecule has 20 heavy (non-hydrogen) atoms. The first-order valence-corrected chi connectivity index (χ1v) is 8.45. The van der Waals surface area contributed by atoms with Crippen LogP contribution in [0.25, 0.3) is 0 Å². The highest BCUT2D eigenvalue weighted by Crippen LogP contribution is 2.34. The minimum absolute atomic E-state index is 0.109. The number of fused-ring (bicyclic) bond motifs is 1. The minimum Gasteiger partial charge on any atom is -0.326 e. The van der Waals surface area contributed by atoms with Gasteiger partial charge in [0.2, 0.25) is 5.91 Å². The molecule has 0 aliphatic carbocycles. The summed E-state index contributed by atoms with van der Waals surface area (Å²) in [5, 5.41) is 2.92. The molecule has 1 unspecified atom stereocenters. The van der Waals surface area contributed by atoms with Crippen LogP contribution in [0.2, 0.25) is 0 Å². The SMILES string of the molecule is O=C1CCc2cc(C(Br)c3cccc(I)c3)ccc2N1. The lowest BCUT2D eigenvalue weighted by atomic mass is 9.97. The number of amides is 1. The summed E-state index contributed by atoms with van der Waals surface area (Å²) >= 11 is 6.10. The second-order valence-corrected chi connectivity index (χ2v) is 7.04. The van der Waals surface area contributed by atoms with Crippen LogP contribution >= 0.6 is 38.5 Å². The highest BCUT2D eigenvalue weighted by Gasteiger charge is 2.17. The van der Waals surface area contributed by atoms with Gasteiger partial charge in [0.25, 0.3) is 0 Å². The highest BCUT2D eigenvalue weighted by atomic mass is 127. The van der Waals surface area contributed by atoms with Gasteiger partial charge in [-0.15, -0.1) is 0 Å². The fourth-order valence-electron chi connectivity index (χ4n) is 2.42. The molecule has 0 aromatic heterocycles. The zero-order valence-electron chi connectivity index (χ0n) is 10.7. The quantitative estimate of drug-likeness (QED) is 0.533. The molecule has 1 heterocycles. The average Bonchev–Trinajstić information content (AvgIpc) is 2.46. The molecule has 4 heteroatoms. The van der Waals surface area contributed by atoms with Crippen molar-refractivity contribution >= 4 is 50.1 Å². The van der Waals surface area contributed by atoms with E-state index in [2.05, 4.69) is 80.2 Å². The molecule has 1 aliphatic rings. The number of rotatable bonds is 2. The molecule has 1 atom stereocenters. The summed E-state index contributed by atoms with van der Waals surface area (Å²) in [6.07, 6.45) is 1.40. The van der Waals surface area contributed by atoms with Crippen molar-refractivity contribution in [3.8, 4) is 0 Å². The molecule has 0 saturated heterocycles. The summed E-state index contributed by atoms with van der Waals surface area (Å²) in [5.74, 6) is 0.109. The molecular formula is C16H13BrINO. The summed E-state index contributed by atoms with van der Waals surface area (Å²) in [5.41, 5.74) is 4.64. The second-order valence-electron chi connectivity index (χ2n) is 4.88. The van der Waals surface area contributed by atoms with Gasteiger partial charge < -0.3 is 5.32 Å². The maximum atomic E-state index is 11.4. The molecule has 1 aliphatic heterocycles. The Hall–Kier alpha value is -0.880. The number of carbonyl (C=O) groups excluding carboxylic acids is 1. The molecule has 2 aromatic carbocycles. The van der Waals surface area contributed by atoms with Crippen LogP contribution in [-0.2, 0) is 11.2 Å². The summed E-state index contributed by atoms with van der Waals surface area (Å²) in [6.45, 7) is 0. The van der Waals surface area contributed by atoms with Gasteiger partial charge in [-0.05, 0) is 63.9 Å². The van der Waals surface area contributed by atoms with E-state index in [0.29, 0.717) is 6.42 Å². The Labute approximate surface area is 140 Å². The molecule has 0 radical (unpaired) electrons. The zero-order valence-corrected chi connectivity index (χ0v) is 14.4. The van der Waals surface area contributed by atoms with Gasteiger partial charge in [-0.2, -0.15) is 0 Å². The Bertz CT molecular complexity index is 671. The van der Waals surface area contributed by atoms with E-state index in [4.69, 9.17) is 0 Å². The van der Waals surface area contributed by atoms with Crippen molar-refractivity contribution in [2.75, 3.05) is 5.32 Å². The molecule has 0 saturated carbocycles. The molecule has 2 aromatic rings. The maximum Gasteiger partial charge on any atom is 0.224 e. The number of halogens is 2. The predicted molar refractivity (Wildman–Crippen MR) is 93.3 cm³/mol. The van der Waals surface area contributed by atoms with E-state index in [1.54, 1.807) is 0 Å². The Kier molecular flexibility index (Phi) is 4.12. The van der Waals surface area contributed by atoms with Gasteiger partial charge in [-0.3, -0.25) is 4.79 Å². The molecule has 102 valence electrons. The van der Waals surface area contributed by atoms with Crippen molar-refractivity contribution in [1.82, 2.24) is 0 Å². The standard InChI is InChI=1S/C16H13BrINO/c17-16(11-2-1-3-13(18)9-11)12-4-6-14-10(8-12)5-7-15(20)19-14/h1-4,6,8-9,16H,5,7H2,(H,19,20). The maximum absolute atomic E-state index is 11.4. The number of anilines is 1. The fraction of sp³-hybridized carbons (Fsp3) is 0.188. The van der Waals surface area contributed by atoms with Crippen molar-refractivity contribution in [3.63, 3.8) is 0 Å². The zero-order chi connectivity index (χ0) is 14.1. The van der Waals surface area contributed by atoms with Gasteiger partial charge in [0.1, 0.15) is 0 Å². The van der Waals surface area contributed by atoms with Crippen LogP contribution in [0.1, 0.15) is 27.9 Å². The molecule has 1 N–H and O–H groups in total. The van der Waals surface area contributed by atoms with Crippen molar-refractivity contribution in [1.29, 1.82) is 0 Å². The van der Waals surface area contributed by atoms with Gasteiger partial charge in [0.05, 0.1) is 4.83 Å². The number of benzene rings is 2. The van der Waals surface area contributed by atoms with E-state index < -0.39 is 0 Å². The second kappa shape index (κ2) is 5.85. The summed E-state index contributed by atoms with van der Waals surface area (Å²) < 4.78 is 1.23. The largest absolute Gasteiger partial charge is 0.326 e. The van der Waals surface area contributed by atoms with E-state index >= 15 is 0 Å². The summed E-state index contributed by atoms with van der Waals surface area (Å²) in [7, 11) is 0. The van der Waals surface area contributed by atoms with E-state index in [9.17, 15) is 4.79 Å². The van der Waals surface area contributed by atoms with Crippen LogP contribution < -0.4 is 5.32 Å². The molecule has 1 amide bonds. The van der Waals surface area contributed by atoms with E-state index in [1.165, 1.54) is 20.3 Å². The Balaban J connectivity index is 1.93. The smallest absolute Gasteiger partial charge is 0.224 e. The lowest BCUT2D eigenvalue weighted by molar-refractivity contribution is -0.116. The molecule has 2 nitrogen and oxygen atoms in total. The molecule has 0 bridgehead atoms. The number of hydrogen-bond donors (Lipinski definition) is 1. The van der Waals surface area contributed by atoms with Crippen LogP contribution in [-0.4, -0.2) is 5.91 Å². The van der Waals surface area contributed by atoms with Crippen LogP contribution in [0.5, 0.6) is 0 Å². The Morgan fingerprint density at radius 3 is 2.70 bits per heavy atom.